The highest BCUT2D eigenvalue weighted by Crippen LogP contribution is 2.34. The van der Waals surface area contributed by atoms with Crippen molar-refractivity contribution in [2.24, 2.45) is 5.16 Å². The molecule has 0 aliphatic carbocycles. The second-order valence-corrected chi connectivity index (χ2v) is 5.12. The van der Waals surface area contributed by atoms with Crippen LogP contribution < -0.4 is 4.74 Å². The summed E-state index contributed by atoms with van der Waals surface area (Å²) in [4.78, 5) is 17.4. The van der Waals surface area contributed by atoms with Gasteiger partial charge in [-0.1, -0.05) is 23.4 Å². The topological polar surface area (TPSA) is 57.1 Å². The molecule has 0 radical (unpaired) electrons. The normalized spacial score (nSPS) is 24.1. The van der Waals surface area contributed by atoms with E-state index in [0.29, 0.717) is 13.0 Å². The number of hydrogen-bond donors (Lipinski definition) is 0. The van der Waals surface area contributed by atoms with Crippen LogP contribution in [0.2, 0.25) is 0 Å². The van der Waals surface area contributed by atoms with Gasteiger partial charge in [0, 0.05) is 12.0 Å². The summed E-state index contributed by atoms with van der Waals surface area (Å²) in [6.07, 6.45) is 1.23. The Morgan fingerprint density at radius 3 is 3.10 bits per heavy atom. The van der Waals surface area contributed by atoms with E-state index in [4.69, 9.17) is 14.3 Å². The SMILES string of the molecule is CC1=NOC(COC(=O)C2CCOc3ccccc32)C1. The van der Waals surface area contributed by atoms with Crippen LogP contribution in [-0.4, -0.2) is 31.0 Å². The molecule has 0 bridgehead atoms. The number of ether oxygens (including phenoxy) is 2. The van der Waals surface area contributed by atoms with Gasteiger partial charge < -0.3 is 14.3 Å². The van der Waals surface area contributed by atoms with Crippen molar-refractivity contribution in [2.75, 3.05) is 13.2 Å². The van der Waals surface area contributed by atoms with Crippen molar-refractivity contribution in [3.05, 3.63) is 29.8 Å². The van der Waals surface area contributed by atoms with Crippen LogP contribution in [-0.2, 0) is 14.4 Å². The quantitative estimate of drug-likeness (QED) is 0.794. The van der Waals surface area contributed by atoms with Gasteiger partial charge in [-0.3, -0.25) is 4.79 Å². The molecule has 5 heteroatoms. The second-order valence-electron chi connectivity index (χ2n) is 5.12. The number of para-hydroxylation sites is 1. The number of rotatable bonds is 3. The fourth-order valence-corrected chi connectivity index (χ4v) is 2.52. The van der Waals surface area contributed by atoms with Gasteiger partial charge in [-0.15, -0.1) is 0 Å². The highest BCUT2D eigenvalue weighted by Gasteiger charge is 2.30. The summed E-state index contributed by atoms with van der Waals surface area (Å²) in [6.45, 7) is 2.69. The average Bonchev–Trinajstić information content (AvgIpc) is 2.90. The third-order valence-corrected chi connectivity index (χ3v) is 3.54. The molecule has 0 fully saturated rings. The first-order valence-corrected chi connectivity index (χ1v) is 6.81. The fraction of sp³-hybridized carbons (Fsp3) is 0.467. The van der Waals surface area contributed by atoms with E-state index in [1.807, 2.05) is 31.2 Å². The number of benzene rings is 1. The predicted octanol–water partition coefficient (Wildman–Crippen LogP) is 2.26. The molecule has 0 saturated heterocycles. The Balaban J connectivity index is 1.61. The van der Waals surface area contributed by atoms with Gasteiger partial charge in [0.05, 0.1) is 18.2 Å². The summed E-state index contributed by atoms with van der Waals surface area (Å²) >= 11 is 0. The third-order valence-electron chi connectivity index (χ3n) is 3.54. The Morgan fingerprint density at radius 2 is 2.30 bits per heavy atom. The van der Waals surface area contributed by atoms with Gasteiger partial charge in [0.2, 0.25) is 0 Å². The van der Waals surface area contributed by atoms with E-state index < -0.39 is 0 Å². The summed E-state index contributed by atoms with van der Waals surface area (Å²) in [6, 6.07) is 7.61. The van der Waals surface area contributed by atoms with Crippen molar-refractivity contribution in [1.29, 1.82) is 0 Å². The van der Waals surface area contributed by atoms with Crippen LogP contribution in [0.3, 0.4) is 0 Å². The lowest BCUT2D eigenvalue weighted by Crippen LogP contribution is -2.26. The first-order chi connectivity index (χ1) is 9.74. The van der Waals surface area contributed by atoms with E-state index in [1.54, 1.807) is 0 Å². The standard InChI is InChI=1S/C15H17NO4/c1-10-8-11(20-16-10)9-19-15(17)13-6-7-18-14-5-3-2-4-12(13)14/h2-5,11,13H,6-9H2,1H3. The number of nitrogens with zero attached hydrogens (tertiary/aromatic N) is 1. The molecule has 0 amide bonds. The predicted molar refractivity (Wildman–Crippen MR) is 72.9 cm³/mol. The molecule has 0 saturated carbocycles. The van der Waals surface area contributed by atoms with Crippen molar-refractivity contribution in [3.8, 4) is 5.75 Å². The highest BCUT2D eigenvalue weighted by atomic mass is 16.7. The maximum atomic E-state index is 12.2. The lowest BCUT2D eigenvalue weighted by Gasteiger charge is -2.24. The zero-order valence-electron chi connectivity index (χ0n) is 11.4. The van der Waals surface area contributed by atoms with Crippen molar-refractivity contribution in [2.45, 2.75) is 31.8 Å². The molecule has 1 aromatic carbocycles. The summed E-state index contributed by atoms with van der Waals surface area (Å²) in [5, 5.41) is 3.85. The molecule has 2 aliphatic heterocycles. The van der Waals surface area contributed by atoms with Crippen molar-refractivity contribution in [1.82, 2.24) is 0 Å². The van der Waals surface area contributed by atoms with Crippen LogP contribution in [0.1, 0.15) is 31.2 Å². The molecule has 1 aromatic rings. The minimum absolute atomic E-state index is 0.144. The lowest BCUT2D eigenvalue weighted by molar-refractivity contribution is -0.149. The smallest absolute Gasteiger partial charge is 0.313 e. The van der Waals surface area contributed by atoms with Gasteiger partial charge in [-0.25, -0.2) is 0 Å². The molecule has 2 heterocycles. The molecule has 5 nitrogen and oxygen atoms in total. The minimum Gasteiger partial charge on any atom is -0.493 e. The van der Waals surface area contributed by atoms with Crippen LogP contribution in [0.25, 0.3) is 0 Å². The van der Waals surface area contributed by atoms with Crippen LogP contribution in [0.15, 0.2) is 29.4 Å². The first-order valence-electron chi connectivity index (χ1n) is 6.81. The molecule has 0 N–H and O–H groups in total. The van der Waals surface area contributed by atoms with E-state index >= 15 is 0 Å². The zero-order chi connectivity index (χ0) is 13.9. The molecule has 20 heavy (non-hydrogen) atoms. The van der Waals surface area contributed by atoms with Gasteiger partial charge in [-0.2, -0.15) is 0 Å². The molecule has 2 aliphatic rings. The molecule has 2 atom stereocenters. The Bertz CT molecular complexity index is 540. The van der Waals surface area contributed by atoms with Crippen LogP contribution >= 0.6 is 0 Å². The van der Waals surface area contributed by atoms with E-state index in [-0.39, 0.29) is 24.6 Å². The molecular weight excluding hydrogens is 258 g/mol. The Labute approximate surface area is 117 Å². The van der Waals surface area contributed by atoms with Gasteiger partial charge in [0.1, 0.15) is 12.4 Å². The van der Waals surface area contributed by atoms with E-state index in [9.17, 15) is 4.79 Å². The Kier molecular flexibility index (Phi) is 3.58. The monoisotopic (exact) mass is 275 g/mol. The first kappa shape index (κ1) is 13.0. The number of oxime groups is 1. The van der Waals surface area contributed by atoms with Gasteiger partial charge in [0.15, 0.2) is 6.10 Å². The van der Waals surface area contributed by atoms with E-state index in [1.165, 1.54) is 0 Å². The summed E-state index contributed by atoms with van der Waals surface area (Å²) in [7, 11) is 0. The average molecular weight is 275 g/mol. The Morgan fingerprint density at radius 1 is 1.45 bits per heavy atom. The molecule has 0 spiro atoms. The van der Waals surface area contributed by atoms with Crippen LogP contribution in [0.4, 0.5) is 0 Å². The second kappa shape index (κ2) is 5.53. The minimum atomic E-state index is -0.247. The van der Waals surface area contributed by atoms with Crippen LogP contribution in [0.5, 0.6) is 5.75 Å². The highest BCUT2D eigenvalue weighted by molar-refractivity contribution is 5.83. The number of fused-ring (bicyclic) bond motifs is 1. The summed E-state index contributed by atoms with van der Waals surface area (Å²) in [5.41, 5.74) is 1.84. The molecule has 3 rings (SSSR count). The largest absolute Gasteiger partial charge is 0.493 e. The maximum absolute atomic E-state index is 12.2. The van der Waals surface area contributed by atoms with E-state index in [0.717, 1.165) is 23.4 Å². The zero-order valence-corrected chi connectivity index (χ0v) is 11.4. The molecular formula is C15H17NO4. The van der Waals surface area contributed by atoms with E-state index in [2.05, 4.69) is 5.16 Å². The number of hydrogen-bond acceptors (Lipinski definition) is 5. The van der Waals surface area contributed by atoms with Crippen LogP contribution in [0, 0.1) is 0 Å². The maximum Gasteiger partial charge on any atom is 0.313 e. The number of esters is 1. The fourth-order valence-electron chi connectivity index (χ4n) is 2.52. The van der Waals surface area contributed by atoms with Gasteiger partial charge >= 0.3 is 5.97 Å². The van der Waals surface area contributed by atoms with Crippen molar-refractivity contribution >= 4 is 11.7 Å². The van der Waals surface area contributed by atoms with Gasteiger partial charge in [0.25, 0.3) is 0 Å². The molecule has 106 valence electrons. The summed E-state index contributed by atoms with van der Waals surface area (Å²) in [5.74, 6) is 0.314. The number of carbonyl (C=O) groups is 1. The number of carbonyl (C=O) groups excluding carboxylic acids is 1. The van der Waals surface area contributed by atoms with Gasteiger partial charge in [-0.05, 0) is 19.4 Å². The van der Waals surface area contributed by atoms with Crippen molar-refractivity contribution < 1.29 is 19.1 Å². The van der Waals surface area contributed by atoms with Crippen molar-refractivity contribution in [3.63, 3.8) is 0 Å². The summed E-state index contributed by atoms with van der Waals surface area (Å²) < 4.78 is 10.9. The lowest BCUT2D eigenvalue weighted by atomic mass is 9.93. The molecule has 2 unspecified atom stereocenters. The Hall–Kier alpha value is -2.04. The molecule has 0 aromatic heterocycles. The third kappa shape index (κ3) is 2.61.